The second kappa shape index (κ2) is 4.86. The summed E-state index contributed by atoms with van der Waals surface area (Å²) < 4.78 is -1.55. The summed E-state index contributed by atoms with van der Waals surface area (Å²) in [5, 5.41) is 9.19. The van der Waals surface area contributed by atoms with Gasteiger partial charge in [-0.05, 0) is 6.07 Å². The van der Waals surface area contributed by atoms with Crippen molar-refractivity contribution in [3.63, 3.8) is 0 Å². The van der Waals surface area contributed by atoms with Crippen molar-refractivity contribution in [2.45, 2.75) is 3.79 Å². The van der Waals surface area contributed by atoms with Crippen LogP contribution in [0.5, 0.6) is 5.75 Å². The summed E-state index contributed by atoms with van der Waals surface area (Å²) in [5.74, 6) is -0.00694. The molecule has 0 radical (unpaired) electrons. The third-order valence-corrected chi connectivity index (χ3v) is 1.82. The van der Waals surface area contributed by atoms with Crippen molar-refractivity contribution in [2.75, 3.05) is 0 Å². The Labute approximate surface area is 105 Å². The molecule has 0 atom stereocenters. The van der Waals surface area contributed by atoms with E-state index in [2.05, 4.69) is 0 Å². The molecular formula is C7H5Cl3OZr. The van der Waals surface area contributed by atoms with Gasteiger partial charge in [-0.3, -0.25) is 0 Å². The minimum atomic E-state index is -1.55. The standard InChI is InChI=1S/C7H5Cl3O.Zr/c8-7(9,10)5-3-1-2-4-6(5)11;/h1-4,11H;. The van der Waals surface area contributed by atoms with Crippen molar-refractivity contribution in [2.24, 2.45) is 0 Å². The van der Waals surface area contributed by atoms with Gasteiger partial charge in [0.25, 0.3) is 0 Å². The van der Waals surface area contributed by atoms with E-state index in [0.717, 1.165) is 0 Å². The van der Waals surface area contributed by atoms with Crippen LogP contribution in [-0.4, -0.2) is 5.11 Å². The maximum atomic E-state index is 9.19. The summed E-state index contributed by atoms with van der Waals surface area (Å²) in [7, 11) is 0. The summed E-state index contributed by atoms with van der Waals surface area (Å²) in [6.07, 6.45) is 0. The van der Waals surface area contributed by atoms with Crippen LogP contribution in [0.3, 0.4) is 0 Å². The van der Waals surface area contributed by atoms with Gasteiger partial charge < -0.3 is 5.11 Å². The van der Waals surface area contributed by atoms with E-state index in [0.29, 0.717) is 5.56 Å². The number of phenolic OH excluding ortho intramolecular Hbond substituents is 1. The molecule has 0 aliphatic heterocycles. The monoisotopic (exact) mass is 300 g/mol. The number of rotatable bonds is 0. The fraction of sp³-hybridized carbons (Fsp3) is 0.143. The van der Waals surface area contributed by atoms with Crippen molar-refractivity contribution in [1.29, 1.82) is 0 Å². The topological polar surface area (TPSA) is 20.2 Å². The van der Waals surface area contributed by atoms with Crippen LogP contribution in [0.4, 0.5) is 0 Å². The van der Waals surface area contributed by atoms with Gasteiger partial charge in [-0.25, -0.2) is 0 Å². The number of hydrogen-bond acceptors (Lipinski definition) is 1. The molecule has 0 spiro atoms. The quantitative estimate of drug-likeness (QED) is 0.730. The fourth-order valence-corrected chi connectivity index (χ4v) is 1.19. The van der Waals surface area contributed by atoms with Crippen LogP contribution in [0, 0.1) is 0 Å². The Bertz CT molecular complexity index is 259. The minimum absolute atomic E-state index is 0. The van der Waals surface area contributed by atoms with Crippen LogP contribution in [0.25, 0.3) is 0 Å². The number of hydrogen-bond donors (Lipinski definition) is 1. The van der Waals surface area contributed by atoms with Crippen molar-refractivity contribution < 1.29 is 31.3 Å². The molecule has 0 heterocycles. The van der Waals surface area contributed by atoms with Gasteiger partial charge in [-0.15, -0.1) is 0 Å². The van der Waals surface area contributed by atoms with E-state index >= 15 is 0 Å². The Morgan fingerprint density at radius 2 is 1.58 bits per heavy atom. The Kier molecular flexibility index (Phi) is 5.17. The maximum absolute atomic E-state index is 9.19. The number of aromatic hydroxyl groups is 1. The Balaban J connectivity index is 0.00000121. The Morgan fingerprint density at radius 3 is 1.92 bits per heavy atom. The first-order chi connectivity index (χ1) is 5.02. The van der Waals surface area contributed by atoms with E-state index in [1.165, 1.54) is 6.07 Å². The summed E-state index contributed by atoms with van der Waals surface area (Å²) in [6, 6.07) is 6.38. The molecule has 0 aliphatic carbocycles. The second-order valence-electron chi connectivity index (χ2n) is 2.01. The number of halogens is 3. The third kappa shape index (κ3) is 3.26. The zero-order chi connectivity index (χ0) is 8.48. The van der Waals surface area contributed by atoms with Gasteiger partial charge >= 0.3 is 0 Å². The molecule has 0 amide bonds. The molecule has 0 aromatic heterocycles. The molecule has 1 nitrogen and oxygen atoms in total. The van der Waals surface area contributed by atoms with E-state index in [1.807, 2.05) is 0 Å². The van der Waals surface area contributed by atoms with Gasteiger partial charge in [0.1, 0.15) is 5.75 Å². The zero-order valence-corrected chi connectivity index (χ0v) is 10.6. The molecule has 0 saturated heterocycles. The first-order valence-corrected chi connectivity index (χ1v) is 4.00. The van der Waals surface area contributed by atoms with Gasteiger partial charge in [0.15, 0.2) is 0 Å². The summed E-state index contributed by atoms with van der Waals surface area (Å²) in [4.78, 5) is 0. The zero-order valence-electron chi connectivity index (χ0n) is 5.89. The van der Waals surface area contributed by atoms with Gasteiger partial charge in [0, 0.05) is 31.8 Å². The third-order valence-electron chi connectivity index (χ3n) is 1.21. The molecule has 64 valence electrons. The fourth-order valence-electron chi connectivity index (χ4n) is 0.713. The van der Waals surface area contributed by atoms with Crippen molar-refractivity contribution in [1.82, 2.24) is 0 Å². The van der Waals surface area contributed by atoms with Crippen LogP contribution in [0.1, 0.15) is 5.56 Å². The van der Waals surface area contributed by atoms with E-state index in [9.17, 15) is 5.11 Å². The molecule has 1 aromatic carbocycles. The maximum Gasteiger partial charge on any atom is 0.219 e. The van der Waals surface area contributed by atoms with Gasteiger partial charge in [0.2, 0.25) is 3.79 Å². The predicted molar refractivity (Wildman–Crippen MR) is 47.3 cm³/mol. The first kappa shape index (κ1) is 12.8. The number of para-hydroxylation sites is 1. The van der Waals surface area contributed by atoms with Crippen LogP contribution in [0.2, 0.25) is 0 Å². The summed E-state index contributed by atoms with van der Waals surface area (Å²) >= 11 is 16.6. The van der Waals surface area contributed by atoms with Crippen LogP contribution < -0.4 is 0 Å². The first-order valence-electron chi connectivity index (χ1n) is 2.87. The van der Waals surface area contributed by atoms with Crippen LogP contribution >= 0.6 is 34.8 Å². The smallest absolute Gasteiger partial charge is 0.219 e. The van der Waals surface area contributed by atoms with E-state index < -0.39 is 3.79 Å². The normalized spacial score (nSPS) is 10.6. The van der Waals surface area contributed by atoms with Crippen LogP contribution in [-0.2, 0) is 30.0 Å². The number of benzene rings is 1. The number of phenols is 1. The average Bonchev–Trinajstić information content (AvgIpc) is 1.86. The Hall–Kier alpha value is 0.773. The molecule has 1 rings (SSSR count). The second-order valence-corrected chi connectivity index (χ2v) is 4.30. The van der Waals surface area contributed by atoms with Gasteiger partial charge in [-0.2, -0.15) is 0 Å². The summed E-state index contributed by atoms with van der Waals surface area (Å²) in [5.41, 5.74) is 0.296. The molecule has 1 aromatic rings. The minimum Gasteiger partial charge on any atom is -0.508 e. The number of alkyl halides is 3. The van der Waals surface area contributed by atoms with Gasteiger partial charge in [-0.1, -0.05) is 53.0 Å². The van der Waals surface area contributed by atoms with Crippen molar-refractivity contribution in [3.05, 3.63) is 29.8 Å². The molecule has 1 N–H and O–H groups in total. The molecule has 0 aliphatic rings. The molecule has 0 bridgehead atoms. The Morgan fingerprint density at radius 1 is 1.08 bits per heavy atom. The van der Waals surface area contributed by atoms with Crippen LogP contribution in [0.15, 0.2) is 24.3 Å². The van der Waals surface area contributed by atoms with E-state index in [1.54, 1.807) is 18.2 Å². The van der Waals surface area contributed by atoms with E-state index in [4.69, 9.17) is 34.8 Å². The SMILES string of the molecule is Oc1ccccc1C(Cl)(Cl)Cl.[Zr]. The predicted octanol–water partition coefficient (Wildman–Crippen LogP) is 3.22. The molecule has 0 saturated carbocycles. The molecule has 5 heteroatoms. The molecule has 12 heavy (non-hydrogen) atoms. The molecular weight excluding hydrogens is 298 g/mol. The van der Waals surface area contributed by atoms with Crippen molar-refractivity contribution >= 4 is 34.8 Å². The summed E-state index contributed by atoms with van der Waals surface area (Å²) in [6.45, 7) is 0. The van der Waals surface area contributed by atoms with Gasteiger partial charge in [0.05, 0.1) is 0 Å². The van der Waals surface area contributed by atoms with Crippen molar-refractivity contribution in [3.8, 4) is 5.75 Å². The van der Waals surface area contributed by atoms with E-state index in [-0.39, 0.29) is 32.0 Å². The largest absolute Gasteiger partial charge is 0.508 e. The molecule has 0 fully saturated rings. The average molecular weight is 303 g/mol. The molecule has 0 unspecified atom stereocenters.